The minimum absolute atomic E-state index is 0.522. The normalized spacial score (nSPS) is 21.4. The number of hydrogen-bond acceptors (Lipinski definition) is 4. The van der Waals surface area contributed by atoms with Gasteiger partial charge in [-0.1, -0.05) is 11.6 Å². The Bertz CT molecular complexity index is 914. The number of benzene rings is 1. The van der Waals surface area contributed by atoms with Crippen molar-refractivity contribution >= 4 is 10.9 Å². The van der Waals surface area contributed by atoms with Crippen LogP contribution in [0.25, 0.3) is 10.9 Å². The molecule has 6 nitrogen and oxygen atoms in total. The molecule has 2 aliphatic heterocycles. The Kier molecular flexibility index (Phi) is 3.43. The van der Waals surface area contributed by atoms with E-state index in [1.54, 1.807) is 6.20 Å². The summed E-state index contributed by atoms with van der Waals surface area (Å²) in [5.74, 6) is 0. The van der Waals surface area contributed by atoms with Gasteiger partial charge in [-0.25, -0.2) is 0 Å². The quantitative estimate of drug-likeness (QED) is 0.770. The minimum Gasteiger partial charge on any atom is -0.385 e. The first-order valence-electron chi connectivity index (χ1n) is 9.12. The third kappa shape index (κ3) is 2.32. The van der Waals surface area contributed by atoms with Gasteiger partial charge in [0.15, 0.2) is 0 Å². The molecule has 5 rings (SSSR count). The fraction of sp³-hybridized carbons (Fsp3) is 0.474. The maximum Gasteiger partial charge on any atom is 0.117 e. The molecule has 2 N–H and O–H groups in total. The molecule has 130 valence electrons. The van der Waals surface area contributed by atoms with Gasteiger partial charge in [0.25, 0.3) is 0 Å². The van der Waals surface area contributed by atoms with Crippen molar-refractivity contribution in [3.63, 3.8) is 0 Å². The van der Waals surface area contributed by atoms with Crippen LogP contribution in [0.3, 0.4) is 0 Å². The lowest BCUT2D eigenvalue weighted by Crippen LogP contribution is -2.31. The fourth-order valence-electron chi connectivity index (χ4n) is 4.70. The molecule has 1 saturated heterocycles. The maximum atomic E-state index is 10.6. The van der Waals surface area contributed by atoms with Crippen molar-refractivity contribution in [2.45, 2.75) is 44.9 Å². The van der Waals surface area contributed by atoms with E-state index < -0.39 is 6.10 Å². The van der Waals surface area contributed by atoms with Gasteiger partial charge < -0.3 is 9.67 Å². The van der Waals surface area contributed by atoms with E-state index in [1.165, 1.54) is 47.1 Å². The molecule has 3 aromatic rings. The van der Waals surface area contributed by atoms with Crippen LogP contribution < -0.4 is 0 Å². The largest absolute Gasteiger partial charge is 0.385 e. The summed E-state index contributed by atoms with van der Waals surface area (Å²) in [6, 6.07) is 7.23. The molecule has 0 bridgehead atoms. The van der Waals surface area contributed by atoms with Crippen LogP contribution in [-0.4, -0.2) is 43.1 Å². The molecule has 2 unspecified atom stereocenters. The van der Waals surface area contributed by atoms with E-state index in [0.717, 1.165) is 13.0 Å². The third-order valence-electron chi connectivity index (χ3n) is 5.83. The number of aliphatic hydroxyl groups is 1. The Morgan fingerprint density at radius 3 is 3.12 bits per heavy atom. The Labute approximate surface area is 146 Å². The molecule has 0 aliphatic carbocycles. The smallest absolute Gasteiger partial charge is 0.117 e. The standard InChI is InChI=1S/C19H23N5O/c1-12-4-5-15-13(9-12)19-16-3-2-7-23(16)8-6-17(19)24(15)11-18(25)14-10-20-22-21-14/h4-5,9-10,16,18,25H,2-3,6-8,11H2,1H3,(H,20,21,22). The lowest BCUT2D eigenvalue weighted by molar-refractivity contribution is 0.150. The van der Waals surface area contributed by atoms with Crippen LogP contribution in [0.5, 0.6) is 0 Å². The van der Waals surface area contributed by atoms with E-state index in [4.69, 9.17) is 0 Å². The first kappa shape index (κ1) is 15.1. The monoisotopic (exact) mass is 337 g/mol. The molecule has 1 fully saturated rings. The highest BCUT2D eigenvalue weighted by Gasteiger charge is 2.35. The number of aryl methyl sites for hydroxylation is 1. The van der Waals surface area contributed by atoms with Crippen molar-refractivity contribution in [2.24, 2.45) is 0 Å². The van der Waals surface area contributed by atoms with Crippen LogP contribution >= 0.6 is 0 Å². The van der Waals surface area contributed by atoms with Crippen LogP contribution in [-0.2, 0) is 13.0 Å². The first-order valence-corrected chi connectivity index (χ1v) is 9.12. The van der Waals surface area contributed by atoms with Gasteiger partial charge in [-0.2, -0.15) is 15.4 Å². The molecule has 0 amide bonds. The average molecular weight is 337 g/mol. The van der Waals surface area contributed by atoms with Crippen LogP contribution in [0.15, 0.2) is 24.4 Å². The zero-order chi connectivity index (χ0) is 17.0. The number of nitrogens with zero attached hydrogens (tertiary/aromatic N) is 4. The second kappa shape index (κ2) is 5.68. The van der Waals surface area contributed by atoms with E-state index in [1.807, 2.05) is 0 Å². The summed E-state index contributed by atoms with van der Waals surface area (Å²) in [4.78, 5) is 2.63. The van der Waals surface area contributed by atoms with Crippen molar-refractivity contribution in [1.29, 1.82) is 0 Å². The van der Waals surface area contributed by atoms with Gasteiger partial charge in [-0.15, -0.1) is 0 Å². The highest BCUT2D eigenvalue weighted by Crippen LogP contribution is 2.43. The molecule has 0 spiro atoms. The van der Waals surface area contributed by atoms with Crippen LogP contribution in [0, 0.1) is 6.92 Å². The van der Waals surface area contributed by atoms with Gasteiger partial charge in [0.2, 0.25) is 0 Å². The van der Waals surface area contributed by atoms with Gasteiger partial charge in [-0.05, 0) is 44.0 Å². The summed E-state index contributed by atoms with van der Waals surface area (Å²) in [6.07, 6.45) is 4.52. The Morgan fingerprint density at radius 2 is 2.28 bits per heavy atom. The number of aromatic amines is 1. The highest BCUT2D eigenvalue weighted by atomic mass is 16.3. The van der Waals surface area contributed by atoms with Crippen LogP contribution in [0.1, 0.15) is 47.5 Å². The van der Waals surface area contributed by atoms with Gasteiger partial charge in [-0.3, -0.25) is 4.90 Å². The van der Waals surface area contributed by atoms with Crippen molar-refractivity contribution in [2.75, 3.05) is 13.1 Å². The van der Waals surface area contributed by atoms with Gasteiger partial charge in [0, 0.05) is 35.6 Å². The molecular weight excluding hydrogens is 314 g/mol. The molecule has 0 saturated carbocycles. The fourth-order valence-corrected chi connectivity index (χ4v) is 4.70. The molecule has 2 atom stereocenters. The predicted octanol–water partition coefficient (Wildman–Crippen LogP) is 2.49. The van der Waals surface area contributed by atoms with E-state index in [2.05, 4.69) is 50.0 Å². The molecule has 0 radical (unpaired) electrons. The Balaban J connectivity index is 1.66. The maximum absolute atomic E-state index is 10.6. The molecule has 2 aromatic heterocycles. The number of hydrogen-bond donors (Lipinski definition) is 2. The third-order valence-corrected chi connectivity index (χ3v) is 5.83. The summed E-state index contributed by atoms with van der Waals surface area (Å²) in [5, 5.41) is 22.5. The minimum atomic E-state index is -0.652. The van der Waals surface area contributed by atoms with Crippen LogP contribution in [0.4, 0.5) is 0 Å². The molecule has 4 heterocycles. The van der Waals surface area contributed by atoms with Gasteiger partial charge in [0.1, 0.15) is 11.8 Å². The van der Waals surface area contributed by atoms with E-state index in [-0.39, 0.29) is 0 Å². The van der Waals surface area contributed by atoms with Crippen molar-refractivity contribution < 1.29 is 5.11 Å². The number of rotatable bonds is 3. The summed E-state index contributed by atoms with van der Waals surface area (Å²) >= 11 is 0. The average Bonchev–Trinajstić information content (AvgIpc) is 3.33. The number of nitrogens with one attached hydrogen (secondary N) is 1. The zero-order valence-corrected chi connectivity index (χ0v) is 14.4. The molecular formula is C19H23N5O. The molecule has 1 aromatic carbocycles. The zero-order valence-electron chi connectivity index (χ0n) is 14.4. The van der Waals surface area contributed by atoms with Crippen LogP contribution in [0.2, 0.25) is 0 Å². The Morgan fingerprint density at radius 1 is 1.36 bits per heavy atom. The van der Waals surface area contributed by atoms with Gasteiger partial charge in [0.05, 0.1) is 12.7 Å². The lowest BCUT2D eigenvalue weighted by Gasteiger charge is -2.31. The number of aliphatic hydroxyl groups excluding tert-OH is 1. The van der Waals surface area contributed by atoms with E-state index in [9.17, 15) is 5.11 Å². The second-order valence-electron chi connectivity index (χ2n) is 7.35. The predicted molar refractivity (Wildman–Crippen MR) is 95.3 cm³/mol. The van der Waals surface area contributed by atoms with Gasteiger partial charge >= 0.3 is 0 Å². The van der Waals surface area contributed by atoms with E-state index >= 15 is 0 Å². The summed E-state index contributed by atoms with van der Waals surface area (Å²) in [5.41, 5.74) is 6.01. The molecule has 2 aliphatic rings. The lowest BCUT2D eigenvalue weighted by atomic mass is 9.95. The van der Waals surface area contributed by atoms with Crippen molar-refractivity contribution in [3.8, 4) is 0 Å². The SMILES string of the molecule is Cc1ccc2c(c1)c1c(n2CC(O)c2cn[nH]n2)CCN2CCCC12. The van der Waals surface area contributed by atoms with Crippen molar-refractivity contribution in [3.05, 3.63) is 46.9 Å². The highest BCUT2D eigenvalue weighted by molar-refractivity contribution is 5.87. The summed E-state index contributed by atoms with van der Waals surface area (Å²) < 4.78 is 2.32. The second-order valence-corrected chi connectivity index (χ2v) is 7.35. The molecule has 6 heteroatoms. The summed E-state index contributed by atoms with van der Waals surface area (Å²) in [6.45, 7) is 5.01. The number of aromatic nitrogens is 4. The number of H-pyrrole nitrogens is 1. The van der Waals surface area contributed by atoms with Crippen molar-refractivity contribution in [1.82, 2.24) is 24.9 Å². The topological polar surface area (TPSA) is 70.0 Å². The first-order chi connectivity index (χ1) is 12.2. The molecule has 25 heavy (non-hydrogen) atoms. The number of fused-ring (bicyclic) bond motifs is 5. The Hall–Kier alpha value is -2.18. The summed E-state index contributed by atoms with van der Waals surface area (Å²) in [7, 11) is 0. The van der Waals surface area contributed by atoms with E-state index in [0.29, 0.717) is 18.3 Å².